The minimum Gasteiger partial charge on any atom is -0.333 e. The molecule has 2 N–H and O–H groups in total. The van der Waals surface area contributed by atoms with E-state index < -0.39 is 24.8 Å². The zero-order valence-electron chi connectivity index (χ0n) is 18.6. The van der Waals surface area contributed by atoms with Crippen LogP contribution in [-0.4, -0.2) is 52.6 Å². The molecule has 2 atom stereocenters. The fourth-order valence-corrected chi connectivity index (χ4v) is 5.04. The number of hydrogen-bond donors (Lipinski definition) is 2. The first-order chi connectivity index (χ1) is 16.4. The van der Waals surface area contributed by atoms with Crippen molar-refractivity contribution in [2.75, 3.05) is 25.0 Å². The van der Waals surface area contributed by atoms with Crippen molar-refractivity contribution < 1.29 is 18.0 Å². The van der Waals surface area contributed by atoms with E-state index in [2.05, 4.69) is 10.6 Å². The highest BCUT2D eigenvalue weighted by Gasteiger charge is 2.40. The number of fused-ring (bicyclic) bond motifs is 1. The standard InChI is InChI=1S/C25H26F3N5O/c26-25(27,28)16-32-14-20(17-8-3-1-4-9-17)22(15-32)29-24(34)30-23-19-12-7-13-21(19)31-33(23)18-10-5-2-6-11-18/h1-6,8-11,20,22H,7,12-16H2,(H2,29,30,34)/t20-,22+/m0/s1. The maximum atomic E-state index is 13.1. The summed E-state index contributed by atoms with van der Waals surface area (Å²) in [5.74, 6) is 0.386. The molecule has 1 aromatic heterocycles. The molecule has 1 aliphatic carbocycles. The van der Waals surface area contributed by atoms with Crippen molar-refractivity contribution in [3.8, 4) is 5.69 Å². The molecule has 0 unspecified atom stereocenters. The van der Waals surface area contributed by atoms with Gasteiger partial charge in [0.15, 0.2) is 0 Å². The number of carbonyl (C=O) groups excluding carboxylic acids is 1. The molecule has 2 aromatic carbocycles. The molecule has 2 amide bonds. The van der Waals surface area contributed by atoms with Crippen LogP contribution in [0.3, 0.4) is 0 Å². The minimum absolute atomic E-state index is 0.128. The van der Waals surface area contributed by atoms with E-state index in [-0.39, 0.29) is 19.0 Å². The fourth-order valence-electron chi connectivity index (χ4n) is 5.04. The molecule has 1 aliphatic heterocycles. The molecule has 2 heterocycles. The number of hydrogen-bond acceptors (Lipinski definition) is 3. The molecular weight excluding hydrogens is 443 g/mol. The molecule has 0 spiro atoms. The van der Waals surface area contributed by atoms with E-state index in [4.69, 9.17) is 5.10 Å². The van der Waals surface area contributed by atoms with Gasteiger partial charge >= 0.3 is 12.2 Å². The third-order valence-corrected chi connectivity index (χ3v) is 6.48. The lowest BCUT2D eigenvalue weighted by atomic mass is 9.94. The van der Waals surface area contributed by atoms with Gasteiger partial charge in [0, 0.05) is 24.6 Å². The summed E-state index contributed by atoms with van der Waals surface area (Å²) in [6, 6.07) is 18.1. The number of carbonyl (C=O) groups is 1. The second-order valence-electron chi connectivity index (χ2n) is 8.91. The maximum absolute atomic E-state index is 13.1. The molecule has 6 nitrogen and oxygen atoms in total. The third kappa shape index (κ3) is 4.79. The van der Waals surface area contributed by atoms with Crippen LogP contribution < -0.4 is 10.6 Å². The lowest BCUT2D eigenvalue weighted by Crippen LogP contribution is -2.43. The normalized spacial score (nSPS) is 20.3. The van der Waals surface area contributed by atoms with Crippen LogP contribution in [0.1, 0.15) is 29.2 Å². The highest BCUT2D eigenvalue weighted by atomic mass is 19.4. The van der Waals surface area contributed by atoms with Gasteiger partial charge in [-0.15, -0.1) is 0 Å². The molecule has 178 valence electrons. The summed E-state index contributed by atoms with van der Waals surface area (Å²) in [5, 5.41) is 10.6. The highest BCUT2D eigenvalue weighted by Crippen LogP contribution is 2.32. The number of nitrogens with zero attached hydrogens (tertiary/aromatic N) is 3. The first-order valence-electron chi connectivity index (χ1n) is 11.4. The molecule has 9 heteroatoms. The predicted octanol–water partition coefficient (Wildman–Crippen LogP) is 4.51. The number of amides is 2. The maximum Gasteiger partial charge on any atom is 0.401 e. The molecule has 1 saturated heterocycles. The second-order valence-corrected chi connectivity index (χ2v) is 8.91. The monoisotopic (exact) mass is 469 g/mol. The van der Waals surface area contributed by atoms with Gasteiger partial charge in [0.1, 0.15) is 5.82 Å². The van der Waals surface area contributed by atoms with Gasteiger partial charge < -0.3 is 5.32 Å². The SMILES string of the molecule is O=C(Nc1c2c(nn1-c1ccccc1)CCC2)N[C@@H]1CN(CC(F)(F)F)C[C@H]1c1ccccc1. The van der Waals surface area contributed by atoms with E-state index in [9.17, 15) is 18.0 Å². The number of benzene rings is 2. The summed E-state index contributed by atoms with van der Waals surface area (Å²) in [5.41, 5.74) is 3.74. The van der Waals surface area contributed by atoms with E-state index in [0.29, 0.717) is 5.82 Å². The van der Waals surface area contributed by atoms with E-state index in [1.54, 1.807) is 4.68 Å². The fraction of sp³-hybridized carbons (Fsp3) is 0.360. The number of aryl methyl sites for hydroxylation is 1. The minimum atomic E-state index is -4.29. The zero-order chi connectivity index (χ0) is 23.7. The summed E-state index contributed by atoms with van der Waals surface area (Å²) < 4.78 is 40.9. The average molecular weight is 470 g/mol. The predicted molar refractivity (Wildman–Crippen MR) is 123 cm³/mol. The Hall–Kier alpha value is -3.33. The average Bonchev–Trinajstić information content (AvgIpc) is 3.50. The number of urea groups is 1. The molecule has 2 aliphatic rings. The molecule has 5 rings (SSSR count). The lowest BCUT2D eigenvalue weighted by molar-refractivity contribution is -0.143. The van der Waals surface area contributed by atoms with Crippen LogP contribution in [0.4, 0.5) is 23.8 Å². The number of nitrogens with one attached hydrogen (secondary N) is 2. The van der Waals surface area contributed by atoms with Gasteiger partial charge in [-0.2, -0.15) is 18.3 Å². The Morgan fingerprint density at radius 2 is 1.71 bits per heavy atom. The molecule has 0 saturated carbocycles. The Balaban J connectivity index is 1.36. The van der Waals surface area contributed by atoms with E-state index >= 15 is 0 Å². The summed E-state index contributed by atoms with van der Waals surface area (Å²) in [6.07, 6.45) is -1.63. The summed E-state index contributed by atoms with van der Waals surface area (Å²) >= 11 is 0. The van der Waals surface area contributed by atoms with Crippen molar-refractivity contribution in [1.29, 1.82) is 0 Å². The third-order valence-electron chi connectivity index (χ3n) is 6.48. The molecule has 0 radical (unpaired) electrons. The van der Waals surface area contributed by atoms with Gasteiger partial charge in [-0.05, 0) is 37.0 Å². The van der Waals surface area contributed by atoms with Crippen molar-refractivity contribution in [2.45, 2.75) is 37.4 Å². The van der Waals surface area contributed by atoms with E-state index in [0.717, 1.165) is 41.8 Å². The van der Waals surface area contributed by atoms with Crippen LogP contribution in [0, 0.1) is 0 Å². The number of aromatic nitrogens is 2. The van der Waals surface area contributed by atoms with E-state index in [1.165, 1.54) is 4.90 Å². The smallest absolute Gasteiger partial charge is 0.333 e. The van der Waals surface area contributed by atoms with Crippen LogP contribution in [0.5, 0.6) is 0 Å². The van der Waals surface area contributed by atoms with Gasteiger partial charge in [0.2, 0.25) is 0 Å². The van der Waals surface area contributed by atoms with Crippen LogP contribution in [0.2, 0.25) is 0 Å². The zero-order valence-corrected chi connectivity index (χ0v) is 18.6. The van der Waals surface area contributed by atoms with Crippen molar-refractivity contribution in [1.82, 2.24) is 20.0 Å². The Kier molecular flexibility index (Phi) is 6.03. The van der Waals surface area contributed by atoms with Gasteiger partial charge in [0.25, 0.3) is 0 Å². The van der Waals surface area contributed by atoms with Crippen LogP contribution >= 0.6 is 0 Å². The summed E-state index contributed by atoms with van der Waals surface area (Å²) in [6.45, 7) is -0.640. The lowest BCUT2D eigenvalue weighted by Gasteiger charge is -2.21. The van der Waals surface area contributed by atoms with Crippen molar-refractivity contribution >= 4 is 11.8 Å². The first-order valence-corrected chi connectivity index (χ1v) is 11.4. The number of likely N-dealkylation sites (tertiary alicyclic amines) is 1. The van der Waals surface area contributed by atoms with Gasteiger partial charge in [0.05, 0.1) is 24.0 Å². The van der Waals surface area contributed by atoms with Crippen LogP contribution in [0.15, 0.2) is 60.7 Å². The highest BCUT2D eigenvalue weighted by molar-refractivity contribution is 5.90. The van der Waals surface area contributed by atoms with Crippen molar-refractivity contribution in [3.63, 3.8) is 0 Å². The van der Waals surface area contributed by atoms with Crippen molar-refractivity contribution in [2.24, 2.45) is 0 Å². The van der Waals surface area contributed by atoms with Crippen LogP contribution in [0.25, 0.3) is 5.69 Å². The quantitative estimate of drug-likeness (QED) is 0.578. The number of rotatable bonds is 5. The number of halogens is 3. The Morgan fingerprint density at radius 1 is 1.00 bits per heavy atom. The molecular formula is C25H26F3N5O. The van der Waals surface area contributed by atoms with Gasteiger partial charge in [-0.25, -0.2) is 9.48 Å². The Morgan fingerprint density at radius 3 is 2.41 bits per heavy atom. The summed E-state index contributed by atoms with van der Waals surface area (Å²) in [7, 11) is 0. The second kappa shape index (κ2) is 9.13. The first kappa shape index (κ1) is 22.5. The molecule has 1 fully saturated rings. The van der Waals surface area contributed by atoms with Gasteiger partial charge in [-0.3, -0.25) is 10.2 Å². The topological polar surface area (TPSA) is 62.2 Å². The summed E-state index contributed by atoms with van der Waals surface area (Å²) in [4.78, 5) is 14.5. The Bertz CT molecular complexity index is 1150. The largest absolute Gasteiger partial charge is 0.401 e. The van der Waals surface area contributed by atoms with E-state index in [1.807, 2.05) is 60.7 Å². The van der Waals surface area contributed by atoms with Crippen LogP contribution in [-0.2, 0) is 12.8 Å². The number of anilines is 1. The molecule has 34 heavy (non-hydrogen) atoms. The number of para-hydroxylation sites is 1. The van der Waals surface area contributed by atoms with Gasteiger partial charge in [-0.1, -0.05) is 48.5 Å². The molecule has 3 aromatic rings. The van der Waals surface area contributed by atoms with Crippen molar-refractivity contribution in [3.05, 3.63) is 77.5 Å². The molecule has 0 bridgehead atoms. The Labute approximate surface area is 195 Å². The number of alkyl halides is 3.